The number of hydrogen-bond donors (Lipinski definition) is 2. The van der Waals surface area contributed by atoms with E-state index in [1.807, 2.05) is 0 Å². The quantitative estimate of drug-likeness (QED) is 0.610. The van der Waals surface area contributed by atoms with Crippen LogP contribution in [0.4, 0.5) is 0 Å². The van der Waals surface area contributed by atoms with Gasteiger partial charge in [0.25, 0.3) is 0 Å². The average Bonchev–Trinajstić information content (AvgIpc) is 2.01. The van der Waals surface area contributed by atoms with Crippen LogP contribution in [0.3, 0.4) is 0 Å². The van der Waals surface area contributed by atoms with Gasteiger partial charge in [-0.3, -0.25) is 4.79 Å². The van der Waals surface area contributed by atoms with Crippen LogP contribution >= 0.6 is 0 Å². The zero-order valence-corrected chi connectivity index (χ0v) is 7.90. The summed E-state index contributed by atoms with van der Waals surface area (Å²) in [5.41, 5.74) is -1.93. The second-order valence-electron chi connectivity index (χ2n) is 3.14. The Bertz CT molecular complexity index is 211. The van der Waals surface area contributed by atoms with Gasteiger partial charge in [0.2, 0.25) is 0 Å². The second-order valence-corrected chi connectivity index (χ2v) is 3.14. The fraction of sp³-hybridized carbons (Fsp3) is 0.750. The van der Waals surface area contributed by atoms with Crippen molar-refractivity contribution in [1.29, 1.82) is 0 Å². The largest absolute Gasteiger partial charge is 0.481 e. The molecule has 0 saturated carbocycles. The molecule has 0 bridgehead atoms. The average molecular weight is 190 g/mol. The molecule has 5 heteroatoms. The monoisotopic (exact) mass is 190 g/mol. The van der Waals surface area contributed by atoms with Crippen LogP contribution in [-0.2, 0) is 14.3 Å². The molecule has 13 heavy (non-hydrogen) atoms. The number of carbonyl (C=O) groups is 2. The normalized spacial score (nSPS) is 15.2. The summed E-state index contributed by atoms with van der Waals surface area (Å²) >= 11 is 0. The van der Waals surface area contributed by atoms with Gasteiger partial charge in [-0.1, -0.05) is 13.8 Å². The molecule has 0 aromatic heterocycles. The number of hydrogen-bond acceptors (Lipinski definition) is 4. The molecule has 0 spiro atoms. The highest BCUT2D eigenvalue weighted by Crippen LogP contribution is 2.22. The zero-order valence-electron chi connectivity index (χ0n) is 7.90. The summed E-state index contributed by atoms with van der Waals surface area (Å²) in [6.07, 6.45) is -0.642. The number of carboxylic acids is 1. The maximum atomic E-state index is 11.1. The standard InChI is InChI=1S/C8H14O5/c1-5(2)8(12,4-6(9)10)7(11)13-3/h5,12H,4H2,1-3H3,(H,9,10). The number of methoxy groups -OCH3 is 1. The minimum absolute atomic E-state index is 0.504. The minimum Gasteiger partial charge on any atom is -0.481 e. The van der Waals surface area contributed by atoms with E-state index in [4.69, 9.17) is 5.11 Å². The first-order valence-corrected chi connectivity index (χ1v) is 3.87. The van der Waals surface area contributed by atoms with E-state index >= 15 is 0 Å². The maximum absolute atomic E-state index is 11.1. The van der Waals surface area contributed by atoms with Crippen LogP contribution in [0.2, 0.25) is 0 Å². The van der Waals surface area contributed by atoms with E-state index in [0.717, 1.165) is 7.11 Å². The van der Waals surface area contributed by atoms with Crippen LogP contribution in [0.15, 0.2) is 0 Å². The first-order chi connectivity index (χ1) is 5.84. The van der Waals surface area contributed by atoms with E-state index in [0.29, 0.717) is 0 Å². The topological polar surface area (TPSA) is 83.8 Å². The van der Waals surface area contributed by atoms with Crippen LogP contribution in [-0.4, -0.2) is 34.9 Å². The number of carboxylic acid groups (broad SMARTS) is 1. The van der Waals surface area contributed by atoms with Crippen molar-refractivity contribution in [3.63, 3.8) is 0 Å². The summed E-state index contributed by atoms with van der Waals surface area (Å²) < 4.78 is 4.33. The Morgan fingerprint density at radius 2 is 1.92 bits per heavy atom. The molecule has 0 aliphatic heterocycles. The third kappa shape index (κ3) is 2.69. The predicted molar refractivity (Wildman–Crippen MR) is 44.1 cm³/mol. The smallest absolute Gasteiger partial charge is 0.338 e. The van der Waals surface area contributed by atoms with Crippen molar-refractivity contribution in [3.05, 3.63) is 0 Å². The van der Waals surface area contributed by atoms with Crippen molar-refractivity contribution in [2.75, 3.05) is 7.11 Å². The molecule has 0 radical (unpaired) electrons. The summed E-state index contributed by atoms with van der Waals surface area (Å²) in [7, 11) is 1.11. The van der Waals surface area contributed by atoms with E-state index in [-0.39, 0.29) is 0 Å². The lowest BCUT2D eigenvalue weighted by atomic mass is 9.87. The number of rotatable bonds is 4. The van der Waals surface area contributed by atoms with Gasteiger partial charge in [-0.25, -0.2) is 4.79 Å². The molecule has 5 nitrogen and oxygen atoms in total. The molecule has 2 N–H and O–H groups in total. The van der Waals surface area contributed by atoms with Crippen molar-refractivity contribution in [3.8, 4) is 0 Å². The van der Waals surface area contributed by atoms with Gasteiger partial charge < -0.3 is 14.9 Å². The predicted octanol–water partition coefficient (Wildman–Crippen LogP) is 0.0212. The molecule has 0 aromatic carbocycles. The van der Waals surface area contributed by atoms with Crippen LogP contribution < -0.4 is 0 Å². The lowest BCUT2D eigenvalue weighted by Gasteiger charge is -2.27. The van der Waals surface area contributed by atoms with Crippen LogP contribution in [0.25, 0.3) is 0 Å². The van der Waals surface area contributed by atoms with Gasteiger partial charge in [0.15, 0.2) is 5.60 Å². The van der Waals surface area contributed by atoms with Gasteiger partial charge in [-0.05, 0) is 5.92 Å². The van der Waals surface area contributed by atoms with Gasteiger partial charge in [0, 0.05) is 0 Å². The molecule has 0 amide bonds. The van der Waals surface area contributed by atoms with E-state index in [1.54, 1.807) is 13.8 Å². The van der Waals surface area contributed by atoms with Gasteiger partial charge in [-0.2, -0.15) is 0 Å². The fourth-order valence-electron chi connectivity index (χ4n) is 0.919. The van der Waals surface area contributed by atoms with E-state index < -0.39 is 29.9 Å². The summed E-state index contributed by atoms with van der Waals surface area (Å²) in [5.74, 6) is -2.65. The Labute approximate surface area is 76.3 Å². The molecule has 0 aliphatic carbocycles. The number of aliphatic hydroxyl groups is 1. The van der Waals surface area contributed by atoms with Crippen molar-refractivity contribution in [2.45, 2.75) is 25.9 Å². The van der Waals surface area contributed by atoms with Gasteiger partial charge in [0.05, 0.1) is 13.5 Å². The molecule has 0 fully saturated rings. The molecule has 1 unspecified atom stereocenters. The maximum Gasteiger partial charge on any atom is 0.338 e. The van der Waals surface area contributed by atoms with Crippen molar-refractivity contribution < 1.29 is 24.5 Å². The number of carbonyl (C=O) groups excluding carboxylic acids is 1. The molecule has 1 atom stereocenters. The first-order valence-electron chi connectivity index (χ1n) is 3.87. The number of esters is 1. The second kappa shape index (κ2) is 4.23. The Kier molecular flexibility index (Phi) is 3.87. The lowest BCUT2D eigenvalue weighted by molar-refractivity contribution is -0.173. The molecular weight excluding hydrogens is 176 g/mol. The van der Waals surface area contributed by atoms with Crippen molar-refractivity contribution >= 4 is 11.9 Å². The molecule has 76 valence electrons. The number of aliphatic carboxylic acids is 1. The van der Waals surface area contributed by atoms with Gasteiger partial charge >= 0.3 is 11.9 Å². The molecule has 0 aliphatic rings. The first kappa shape index (κ1) is 11.9. The minimum atomic E-state index is -1.93. The van der Waals surface area contributed by atoms with E-state index in [9.17, 15) is 14.7 Å². The molecular formula is C8H14O5. The molecule has 0 saturated heterocycles. The summed E-state index contributed by atoms with van der Waals surface area (Å²) in [5, 5.41) is 18.1. The van der Waals surface area contributed by atoms with Crippen molar-refractivity contribution in [2.24, 2.45) is 5.92 Å². The zero-order chi connectivity index (χ0) is 10.6. The third-order valence-electron chi connectivity index (χ3n) is 1.91. The van der Waals surface area contributed by atoms with E-state index in [1.165, 1.54) is 0 Å². The highest BCUT2D eigenvalue weighted by Gasteiger charge is 2.42. The fourth-order valence-corrected chi connectivity index (χ4v) is 0.919. The molecule has 0 heterocycles. The summed E-state index contributed by atoms with van der Waals surface area (Å²) in [6.45, 7) is 3.11. The number of ether oxygens (including phenoxy) is 1. The SMILES string of the molecule is COC(=O)C(O)(CC(=O)O)C(C)C. The van der Waals surface area contributed by atoms with Gasteiger partial charge in [-0.15, -0.1) is 0 Å². The third-order valence-corrected chi connectivity index (χ3v) is 1.91. The Hall–Kier alpha value is -1.10. The summed E-state index contributed by atoms with van der Waals surface area (Å²) in [6, 6.07) is 0. The van der Waals surface area contributed by atoms with Gasteiger partial charge in [0.1, 0.15) is 0 Å². The van der Waals surface area contributed by atoms with Crippen LogP contribution in [0.5, 0.6) is 0 Å². The highest BCUT2D eigenvalue weighted by atomic mass is 16.5. The Morgan fingerprint density at radius 1 is 1.46 bits per heavy atom. The van der Waals surface area contributed by atoms with Crippen LogP contribution in [0.1, 0.15) is 20.3 Å². The van der Waals surface area contributed by atoms with E-state index in [2.05, 4.69) is 4.74 Å². The molecule has 0 aromatic rings. The van der Waals surface area contributed by atoms with Crippen molar-refractivity contribution in [1.82, 2.24) is 0 Å². The molecule has 0 rings (SSSR count). The lowest BCUT2D eigenvalue weighted by Crippen LogP contribution is -2.46. The van der Waals surface area contributed by atoms with Crippen LogP contribution in [0, 0.1) is 5.92 Å². The Morgan fingerprint density at radius 3 is 2.15 bits per heavy atom. The Balaban J connectivity index is 4.72. The highest BCUT2D eigenvalue weighted by molar-refractivity contribution is 5.85. The summed E-state index contributed by atoms with van der Waals surface area (Å²) in [4.78, 5) is 21.4.